The van der Waals surface area contributed by atoms with Gasteiger partial charge in [0.15, 0.2) is 0 Å². The minimum atomic E-state index is -0.954. The Morgan fingerprint density at radius 1 is 1.53 bits per heavy atom. The molecule has 3 unspecified atom stereocenters. The molecule has 0 spiro atoms. The summed E-state index contributed by atoms with van der Waals surface area (Å²) in [6, 6.07) is -0.520. The van der Waals surface area contributed by atoms with Gasteiger partial charge < -0.3 is 20.9 Å². The maximum atomic E-state index is 10.5. The van der Waals surface area contributed by atoms with Crippen LogP contribution in [0.5, 0.6) is 0 Å². The highest BCUT2D eigenvalue weighted by atomic mass is 16.5. The third-order valence-corrected chi connectivity index (χ3v) is 3.14. The highest BCUT2D eigenvalue weighted by Crippen LogP contribution is 2.38. The van der Waals surface area contributed by atoms with Gasteiger partial charge in [0.1, 0.15) is 6.04 Å². The number of aliphatic carboxylic acids is 1. The van der Waals surface area contributed by atoms with Crippen molar-refractivity contribution in [2.45, 2.75) is 37.5 Å². The van der Waals surface area contributed by atoms with Gasteiger partial charge in [-0.1, -0.05) is 0 Å². The van der Waals surface area contributed by atoms with E-state index in [9.17, 15) is 4.79 Å². The standard InChI is InChI=1S/C10H18N2O3/c11-7(10(13)14)5-12-8-3-4-15-9(8)6-1-2-6/h6-9,12H,1-5,11H2,(H,13,14). The van der Waals surface area contributed by atoms with Crippen molar-refractivity contribution in [2.24, 2.45) is 11.7 Å². The molecule has 0 amide bonds. The van der Waals surface area contributed by atoms with Gasteiger partial charge in [-0.15, -0.1) is 0 Å². The number of carbonyl (C=O) groups is 1. The van der Waals surface area contributed by atoms with Crippen LogP contribution in [0.25, 0.3) is 0 Å². The summed E-state index contributed by atoms with van der Waals surface area (Å²) < 4.78 is 5.63. The Hall–Kier alpha value is -0.650. The van der Waals surface area contributed by atoms with E-state index < -0.39 is 12.0 Å². The van der Waals surface area contributed by atoms with Crippen molar-refractivity contribution >= 4 is 5.97 Å². The second-order valence-electron chi connectivity index (χ2n) is 4.42. The molecule has 4 N–H and O–H groups in total. The third kappa shape index (κ3) is 2.68. The first-order chi connectivity index (χ1) is 7.18. The van der Waals surface area contributed by atoms with Crippen molar-refractivity contribution in [3.63, 3.8) is 0 Å². The van der Waals surface area contributed by atoms with Crippen LogP contribution in [0.1, 0.15) is 19.3 Å². The molecule has 1 saturated heterocycles. The minimum absolute atomic E-state index is 0.283. The van der Waals surface area contributed by atoms with Gasteiger partial charge in [0.2, 0.25) is 0 Å². The Kier molecular flexibility index (Phi) is 3.23. The van der Waals surface area contributed by atoms with Crippen molar-refractivity contribution < 1.29 is 14.6 Å². The number of carboxylic acid groups (broad SMARTS) is 1. The summed E-state index contributed by atoms with van der Waals surface area (Å²) in [7, 11) is 0. The molecule has 2 aliphatic rings. The molecule has 1 saturated carbocycles. The van der Waals surface area contributed by atoms with Crippen LogP contribution in [0.3, 0.4) is 0 Å². The molecule has 0 radical (unpaired) electrons. The number of hydrogen-bond donors (Lipinski definition) is 3. The molecular formula is C10H18N2O3. The monoisotopic (exact) mass is 214 g/mol. The molecule has 1 heterocycles. The molecule has 0 bridgehead atoms. The lowest BCUT2D eigenvalue weighted by molar-refractivity contribution is -0.138. The second kappa shape index (κ2) is 4.47. The Balaban J connectivity index is 1.75. The maximum absolute atomic E-state index is 10.5. The predicted molar refractivity (Wildman–Crippen MR) is 54.5 cm³/mol. The Labute approximate surface area is 89.0 Å². The summed E-state index contributed by atoms with van der Waals surface area (Å²) in [6.07, 6.45) is 3.74. The maximum Gasteiger partial charge on any atom is 0.321 e. The van der Waals surface area contributed by atoms with Crippen molar-refractivity contribution in [1.82, 2.24) is 5.32 Å². The largest absolute Gasteiger partial charge is 0.480 e. The van der Waals surface area contributed by atoms with Gasteiger partial charge in [0, 0.05) is 19.2 Å². The summed E-state index contributed by atoms with van der Waals surface area (Å²) in [5.41, 5.74) is 5.43. The molecule has 0 aromatic carbocycles. The highest BCUT2D eigenvalue weighted by molar-refractivity contribution is 5.73. The average Bonchev–Trinajstić information content (AvgIpc) is 2.94. The quantitative estimate of drug-likeness (QED) is 0.577. The molecule has 2 rings (SSSR count). The van der Waals surface area contributed by atoms with Gasteiger partial charge in [-0.05, 0) is 25.2 Å². The van der Waals surface area contributed by atoms with E-state index in [1.807, 2.05) is 0 Å². The molecule has 86 valence electrons. The van der Waals surface area contributed by atoms with E-state index in [4.69, 9.17) is 15.6 Å². The number of ether oxygens (including phenoxy) is 1. The van der Waals surface area contributed by atoms with Gasteiger partial charge >= 0.3 is 5.97 Å². The third-order valence-electron chi connectivity index (χ3n) is 3.14. The summed E-state index contributed by atoms with van der Waals surface area (Å²) >= 11 is 0. The molecule has 1 aliphatic heterocycles. The topological polar surface area (TPSA) is 84.6 Å². The van der Waals surface area contributed by atoms with Crippen molar-refractivity contribution in [3.8, 4) is 0 Å². The van der Waals surface area contributed by atoms with Crippen molar-refractivity contribution in [2.75, 3.05) is 13.2 Å². The fraction of sp³-hybridized carbons (Fsp3) is 0.900. The summed E-state index contributed by atoms with van der Waals surface area (Å²) in [5, 5.41) is 11.9. The van der Waals surface area contributed by atoms with Gasteiger partial charge in [0.05, 0.1) is 6.10 Å². The van der Waals surface area contributed by atoms with E-state index in [1.54, 1.807) is 0 Å². The Morgan fingerprint density at radius 3 is 2.87 bits per heavy atom. The summed E-state index contributed by atoms with van der Waals surface area (Å²) in [4.78, 5) is 10.5. The molecular weight excluding hydrogens is 196 g/mol. The van der Waals surface area contributed by atoms with Crippen LogP contribution in [0, 0.1) is 5.92 Å². The molecule has 3 atom stereocenters. The van der Waals surface area contributed by atoms with E-state index in [0.717, 1.165) is 13.0 Å². The lowest BCUT2D eigenvalue weighted by atomic mass is 10.1. The van der Waals surface area contributed by atoms with E-state index in [1.165, 1.54) is 12.8 Å². The van der Waals surface area contributed by atoms with E-state index in [0.29, 0.717) is 18.5 Å². The number of rotatable bonds is 5. The van der Waals surface area contributed by atoms with E-state index in [2.05, 4.69) is 5.32 Å². The molecule has 0 aromatic rings. The number of hydrogen-bond acceptors (Lipinski definition) is 4. The van der Waals surface area contributed by atoms with Crippen LogP contribution >= 0.6 is 0 Å². The predicted octanol–water partition coefficient (Wildman–Crippen LogP) is -0.445. The van der Waals surface area contributed by atoms with Crippen LogP contribution in [0.15, 0.2) is 0 Å². The second-order valence-corrected chi connectivity index (χ2v) is 4.42. The zero-order chi connectivity index (χ0) is 10.8. The molecule has 1 aliphatic carbocycles. The molecule has 15 heavy (non-hydrogen) atoms. The summed E-state index contributed by atoms with van der Waals surface area (Å²) in [6.45, 7) is 1.10. The van der Waals surface area contributed by atoms with Crippen molar-refractivity contribution in [3.05, 3.63) is 0 Å². The van der Waals surface area contributed by atoms with Gasteiger partial charge in [-0.2, -0.15) is 0 Å². The van der Waals surface area contributed by atoms with E-state index >= 15 is 0 Å². The van der Waals surface area contributed by atoms with Gasteiger partial charge in [0.25, 0.3) is 0 Å². The zero-order valence-corrected chi connectivity index (χ0v) is 8.69. The van der Waals surface area contributed by atoms with Gasteiger partial charge in [-0.3, -0.25) is 4.79 Å². The normalized spacial score (nSPS) is 32.9. The average molecular weight is 214 g/mol. The number of nitrogens with two attached hydrogens (primary N) is 1. The van der Waals surface area contributed by atoms with Crippen LogP contribution in [0.2, 0.25) is 0 Å². The molecule has 5 heteroatoms. The van der Waals surface area contributed by atoms with Crippen LogP contribution in [-0.4, -0.2) is 42.4 Å². The van der Waals surface area contributed by atoms with Crippen LogP contribution in [-0.2, 0) is 9.53 Å². The number of carboxylic acids is 1. The fourth-order valence-electron chi connectivity index (χ4n) is 2.08. The SMILES string of the molecule is NC(CNC1CCOC1C1CC1)C(=O)O. The van der Waals surface area contributed by atoms with E-state index in [-0.39, 0.29) is 6.10 Å². The smallest absolute Gasteiger partial charge is 0.321 e. The van der Waals surface area contributed by atoms with Crippen molar-refractivity contribution in [1.29, 1.82) is 0 Å². The Bertz CT molecular complexity index is 243. The Morgan fingerprint density at radius 2 is 2.27 bits per heavy atom. The highest BCUT2D eigenvalue weighted by Gasteiger charge is 2.40. The summed E-state index contributed by atoms with van der Waals surface area (Å²) in [5.74, 6) is -0.268. The molecule has 5 nitrogen and oxygen atoms in total. The first kappa shape index (κ1) is 10.9. The zero-order valence-electron chi connectivity index (χ0n) is 8.69. The first-order valence-electron chi connectivity index (χ1n) is 5.52. The van der Waals surface area contributed by atoms with Gasteiger partial charge in [-0.25, -0.2) is 0 Å². The minimum Gasteiger partial charge on any atom is -0.480 e. The number of nitrogens with one attached hydrogen (secondary N) is 1. The lowest BCUT2D eigenvalue weighted by Gasteiger charge is -2.20. The van der Waals surface area contributed by atoms with Crippen LogP contribution in [0.4, 0.5) is 0 Å². The van der Waals surface area contributed by atoms with Crippen LogP contribution < -0.4 is 11.1 Å². The molecule has 2 fully saturated rings. The molecule has 0 aromatic heterocycles. The fourth-order valence-corrected chi connectivity index (χ4v) is 2.08. The first-order valence-corrected chi connectivity index (χ1v) is 5.52. The lowest BCUT2D eigenvalue weighted by Crippen LogP contribution is -2.46.